The summed E-state index contributed by atoms with van der Waals surface area (Å²) in [4.78, 5) is 12.1. The highest BCUT2D eigenvalue weighted by Crippen LogP contribution is 2.26. The van der Waals surface area contributed by atoms with Crippen LogP contribution in [0.15, 0.2) is 65.8 Å². The van der Waals surface area contributed by atoms with Gasteiger partial charge in [0.25, 0.3) is 5.91 Å². The number of ether oxygens (including phenoxy) is 2. The smallest absolute Gasteiger partial charge is 0.277 e. The zero-order valence-electron chi connectivity index (χ0n) is 18.3. The third kappa shape index (κ3) is 6.57. The molecular weight excluding hydrogens is 388 g/mol. The summed E-state index contributed by atoms with van der Waals surface area (Å²) in [5, 5.41) is 6.22. The molecule has 1 amide bonds. The maximum Gasteiger partial charge on any atom is 0.277 e. The summed E-state index contributed by atoms with van der Waals surface area (Å²) in [6.45, 7) is 4.59. The Labute approximate surface area is 184 Å². The number of nitrogens with one attached hydrogen (secondary N) is 1. The van der Waals surface area contributed by atoms with Gasteiger partial charge in [-0.15, -0.1) is 0 Å². The van der Waals surface area contributed by atoms with E-state index in [1.54, 1.807) is 6.21 Å². The fourth-order valence-corrected chi connectivity index (χ4v) is 3.37. The molecule has 0 fully saturated rings. The first-order valence-electron chi connectivity index (χ1n) is 10.9. The van der Waals surface area contributed by atoms with Crippen LogP contribution in [0.25, 0.3) is 10.8 Å². The summed E-state index contributed by atoms with van der Waals surface area (Å²) >= 11 is 0. The number of fused-ring (bicyclic) bond motifs is 1. The Morgan fingerprint density at radius 1 is 0.968 bits per heavy atom. The van der Waals surface area contributed by atoms with Crippen LogP contribution in [-0.4, -0.2) is 25.3 Å². The lowest BCUT2D eigenvalue weighted by Crippen LogP contribution is -2.24. The molecular formula is C26H30N2O3. The lowest BCUT2D eigenvalue weighted by atomic mass is 10.0. The van der Waals surface area contributed by atoms with E-state index in [0.717, 1.165) is 28.5 Å². The lowest BCUT2D eigenvalue weighted by Gasteiger charge is -2.10. The summed E-state index contributed by atoms with van der Waals surface area (Å²) in [6.07, 6.45) is 6.34. The minimum atomic E-state index is -0.318. The highest BCUT2D eigenvalue weighted by atomic mass is 16.5. The number of rotatable bonds is 11. The van der Waals surface area contributed by atoms with E-state index in [9.17, 15) is 4.79 Å². The van der Waals surface area contributed by atoms with Crippen molar-refractivity contribution in [2.75, 3.05) is 13.2 Å². The Bertz CT molecular complexity index is 1010. The number of aryl methyl sites for hydroxylation is 1. The van der Waals surface area contributed by atoms with E-state index in [1.165, 1.54) is 24.8 Å². The number of carbonyl (C=O) groups is 1. The van der Waals surface area contributed by atoms with Crippen molar-refractivity contribution in [3.8, 4) is 11.5 Å². The van der Waals surface area contributed by atoms with Crippen LogP contribution in [0.4, 0.5) is 0 Å². The second-order valence-electron chi connectivity index (χ2n) is 7.31. The maximum absolute atomic E-state index is 12.1. The molecule has 0 aliphatic carbocycles. The quantitative estimate of drug-likeness (QED) is 0.254. The molecule has 0 unspecified atom stereocenters. The minimum Gasteiger partial charge on any atom is -0.493 e. The van der Waals surface area contributed by atoms with Crippen LogP contribution in [-0.2, 0) is 11.2 Å². The Morgan fingerprint density at radius 2 is 1.77 bits per heavy atom. The molecule has 3 rings (SSSR count). The monoisotopic (exact) mass is 418 g/mol. The van der Waals surface area contributed by atoms with Gasteiger partial charge in [-0.3, -0.25) is 4.79 Å². The van der Waals surface area contributed by atoms with Crippen molar-refractivity contribution in [3.63, 3.8) is 0 Å². The molecule has 0 radical (unpaired) electrons. The third-order valence-corrected chi connectivity index (χ3v) is 4.98. The average Bonchev–Trinajstić information content (AvgIpc) is 2.80. The molecule has 0 aliphatic heterocycles. The SMILES string of the molecule is CCCCCc1ccc(OCC(=O)N/N=C/c2c(OCC)ccc3ccccc23)cc1. The van der Waals surface area contributed by atoms with E-state index in [0.29, 0.717) is 12.4 Å². The number of hydrogen-bond acceptors (Lipinski definition) is 4. The van der Waals surface area contributed by atoms with Gasteiger partial charge in [0.2, 0.25) is 0 Å². The predicted octanol–water partition coefficient (Wildman–Crippen LogP) is 5.50. The van der Waals surface area contributed by atoms with Crippen LogP contribution in [0.5, 0.6) is 11.5 Å². The molecule has 5 heteroatoms. The second kappa shape index (κ2) is 11.7. The molecule has 5 nitrogen and oxygen atoms in total. The fourth-order valence-electron chi connectivity index (χ4n) is 3.37. The van der Waals surface area contributed by atoms with Crippen molar-refractivity contribution in [1.29, 1.82) is 0 Å². The van der Waals surface area contributed by atoms with Crippen LogP contribution < -0.4 is 14.9 Å². The van der Waals surface area contributed by atoms with Gasteiger partial charge in [-0.1, -0.05) is 62.2 Å². The normalized spacial score (nSPS) is 11.0. The molecule has 31 heavy (non-hydrogen) atoms. The Morgan fingerprint density at radius 3 is 2.55 bits per heavy atom. The molecule has 0 aliphatic rings. The van der Waals surface area contributed by atoms with Crippen LogP contribution in [0.1, 0.15) is 44.2 Å². The van der Waals surface area contributed by atoms with Crippen molar-refractivity contribution in [3.05, 3.63) is 71.8 Å². The number of carbonyl (C=O) groups excluding carboxylic acids is 1. The molecule has 0 saturated carbocycles. The van der Waals surface area contributed by atoms with Crippen LogP contribution >= 0.6 is 0 Å². The Balaban J connectivity index is 1.55. The summed E-state index contributed by atoms with van der Waals surface area (Å²) in [5.41, 5.74) is 4.65. The van der Waals surface area contributed by atoms with E-state index >= 15 is 0 Å². The van der Waals surface area contributed by atoms with E-state index in [2.05, 4.69) is 29.6 Å². The van der Waals surface area contributed by atoms with Gasteiger partial charge in [-0.05, 0) is 54.3 Å². The van der Waals surface area contributed by atoms with Crippen molar-refractivity contribution < 1.29 is 14.3 Å². The Kier molecular flexibility index (Phi) is 8.47. The van der Waals surface area contributed by atoms with Gasteiger partial charge in [0.05, 0.1) is 12.8 Å². The number of unbranched alkanes of at least 4 members (excludes halogenated alkanes) is 2. The van der Waals surface area contributed by atoms with E-state index < -0.39 is 0 Å². The first-order chi connectivity index (χ1) is 15.2. The molecule has 0 saturated heterocycles. The van der Waals surface area contributed by atoms with Gasteiger partial charge in [-0.25, -0.2) is 5.43 Å². The van der Waals surface area contributed by atoms with E-state index in [1.807, 2.05) is 55.5 Å². The number of benzene rings is 3. The number of hydrazone groups is 1. The summed E-state index contributed by atoms with van der Waals surface area (Å²) in [5.74, 6) is 1.09. The fraction of sp³-hybridized carbons (Fsp3) is 0.308. The first kappa shape index (κ1) is 22.3. The van der Waals surface area contributed by atoms with Crippen molar-refractivity contribution >= 4 is 22.9 Å². The molecule has 0 bridgehead atoms. The average molecular weight is 419 g/mol. The van der Waals surface area contributed by atoms with Crippen LogP contribution in [0, 0.1) is 0 Å². The molecule has 162 valence electrons. The summed E-state index contributed by atoms with van der Waals surface area (Å²) < 4.78 is 11.3. The number of nitrogens with zero attached hydrogens (tertiary/aromatic N) is 1. The van der Waals surface area contributed by atoms with Crippen molar-refractivity contribution in [1.82, 2.24) is 5.43 Å². The predicted molar refractivity (Wildman–Crippen MR) is 126 cm³/mol. The molecule has 1 N–H and O–H groups in total. The third-order valence-electron chi connectivity index (χ3n) is 4.98. The molecule has 0 aromatic heterocycles. The van der Waals surface area contributed by atoms with E-state index in [4.69, 9.17) is 9.47 Å². The zero-order chi connectivity index (χ0) is 21.9. The zero-order valence-corrected chi connectivity index (χ0v) is 18.3. The van der Waals surface area contributed by atoms with Crippen LogP contribution in [0.3, 0.4) is 0 Å². The van der Waals surface area contributed by atoms with Crippen molar-refractivity contribution in [2.24, 2.45) is 5.10 Å². The topological polar surface area (TPSA) is 59.9 Å². The molecule has 3 aromatic carbocycles. The summed E-state index contributed by atoms with van der Waals surface area (Å²) in [6, 6.07) is 19.8. The van der Waals surface area contributed by atoms with Gasteiger partial charge in [-0.2, -0.15) is 5.10 Å². The lowest BCUT2D eigenvalue weighted by molar-refractivity contribution is -0.123. The molecule has 3 aromatic rings. The van der Waals surface area contributed by atoms with Gasteiger partial charge < -0.3 is 9.47 Å². The van der Waals surface area contributed by atoms with Gasteiger partial charge in [0.15, 0.2) is 6.61 Å². The van der Waals surface area contributed by atoms with Gasteiger partial charge in [0.1, 0.15) is 11.5 Å². The molecule has 0 atom stereocenters. The van der Waals surface area contributed by atoms with Gasteiger partial charge in [0, 0.05) is 5.56 Å². The highest BCUT2D eigenvalue weighted by Gasteiger charge is 2.07. The Hall–Kier alpha value is -3.34. The van der Waals surface area contributed by atoms with Gasteiger partial charge >= 0.3 is 0 Å². The highest BCUT2D eigenvalue weighted by molar-refractivity contribution is 6.02. The minimum absolute atomic E-state index is 0.0968. The molecule has 0 spiro atoms. The van der Waals surface area contributed by atoms with Crippen LogP contribution in [0.2, 0.25) is 0 Å². The maximum atomic E-state index is 12.1. The standard InChI is InChI=1S/C26H30N2O3/c1-3-5-6-9-20-12-15-22(16-13-20)31-19-26(29)28-27-18-24-23-11-8-7-10-21(23)14-17-25(24)30-4-2/h7-8,10-18H,3-6,9,19H2,1-2H3,(H,28,29)/b27-18+. The molecule has 0 heterocycles. The van der Waals surface area contributed by atoms with Crippen molar-refractivity contribution in [2.45, 2.75) is 39.5 Å². The first-order valence-corrected chi connectivity index (χ1v) is 10.9. The number of amides is 1. The largest absolute Gasteiger partial charge is 0.493 e. The second-order valence-corrected chi connectivity index (χ2v) is 7.31. The van der Waals surface area contributed by atoms with E-state index in [-0.39, 0.29) is 12.5 Å². The summed E-state index contributed by atoms with van der Waals surface area (Å²) in [7, 11) is 0. The number of hydrogen-bond donors (Lipinski definition) is 1.